The van der Waals surface area contributed by atoms with Crippen LogP contribution in [0.2, 0.25) is 0 Å². The summed E-state index contributed by atoms with van der Waals surface area (Å²) >= 11 is 1.34. The number of aryl methyl sites for hydroxylation is 1. The van der Waals surface area contributed by atoms with Gasteiger partial charge in [0, 0.05) is 24.8 Å². The van der Waals surface area contributed by atoms with Gasteiger partial charge < -0.3 is 10.0 Å². The quantitative estimate of drug-likeness (QED) is 0.907. The van der Waals surface area contributed by atoms with Crippen LogP contribution in [0, 0.1) is 5.92 Å². The van der Waals surface area contributed by atoms with E-state index in [2.05, 4.69) is 10.1 Å². The number of hydrogen-bond acceptors (Lipinski definition) is 6. The Morgan fingerprint density at radius 2 is 2.38 bits per heavy atom. The van der Waals surface area contributed by atoms with Crippen LogP contribution in [0.1, 0.15) is 25.5 Å². The van der Waals surface area contributed by atoms with Crippen LogP contribution in [-0.4, -0.2) is 38.8 Å². The van der Waals surface area contributed by atoms with Crippen LogP contribution in [0.25, 0.3) is 4.96 Å². The Bertz CT molecular complexity index is 739. The van der Waals surface area contributed by atoms with Crippen LogP contribution in [0.4, 0.5) is 5.13 Å². The van der Waals surface area contributed by atoms with Crippen molar-refractivity contribution in [1.82, 2.24) is 14.6 Å². The molecule has 0 radical (unpaired) electrons. The molecule has 1 N–H and O–H groups in total. The number of hydrogen-bond donors (Lipinski definition) is 1. The second-order valence-corrected chi connectivity index (χ2v) is 6.12. The molecule has 0 amide bonds. The molecule has 7 nitrogen and oxygen atoms in total. The Kier molecular flexibility index (Phi) is 3.62. The molecule has 1 atom stereocenters. The van der Waals surface area contributed by atoms with Gasteiger partial charge in [-0.15, -0.1) is 5.10 Å². The molecule has 1 fully saturated rings. The highest BCUT2D eigenvalue weighted by molar-refractivity contribution is 7.20. The first-order chi connectivity index (χ1) is 10.1. The normalized spacial score (nSPS) is 18.5. The molecule has 2 aromatic rings. The molecule has 3 rings (SSSR count). The average molecular weight is 308 g/mol. The fourth-order valence-electron chi connectivity index (χ4n) is 2.49. The summed E-state index contributed by atoms with van der Waals surface area (Å²) in [6, 6.07) is 1.52. The Hall–Kier alpha value is -1.96. The van der Waals surface area contributed by atoms with Gasteiger partial charge in [0.1, 0.15) is 0 Å². The highest BCUT2D eigenvalue weighted by Crippen LogP contribution is 2.27. The molecule has 1 aliphatic heterocycles. The van der Waals surface area contributed by atoms with Gasteiger partial charge in [-0.1, -0.05) is 24.7 Å². The maximum absolute atomic E-state index is 12.0. The predicted octanol–water partition coefficient (Wildman–Crippen LogP) is 1.01. The van der Waals surface area contributed by atoms with E-state index in [1.165, 1.54) is 21.9 Å². The summed E-state index contributed by atoms with van der Waals surface area (Å²) in [6.07, 6.45) is 2.30. The second kappa shape index (κ2) is 5.44. The van der Waals surface area contributed by atoms with E-state index >= 15 is 0 Å². The summed E-state index contributed by atoms with van der Waals surface area (Å²) in [6.45, 7) is 3.12. The van der Waals surface area contributed by atoms with Crippen molar-refractivity contribution in [1.29, 1.82) is 0 Å². The lowest BCUT2D eigenvalue weighted by molar-refractivity contribution is -0.140. The zero-order valence-corrected chi connectivity index (χ0v) is 12.5. The lowest BCUT2D eigenvalue weighted by Gasteiger charge is -2.12. The predicted molar refractivity (Wildman–Crippen MR) is 79.1 cm³/mol. The standard InChI is InChI=1S/C13H16N4O3S/c1-2-3-9-6-10(18)17-12(14-9)21-13(15-17)16-5-4-8(7-16)11(19)20/h6,8H,2-5,7H2,1H3,(H,19,20). The maximum atomic E-state index is 12.0. The van der Waals surface area contributed by atoms with Crippen molar-refractivity contribution in [2.75, 3.05) is 18.0 Å². The van der Waals surface area contributed by atoms with Crippen LogP contribution >= 0.6 is 11.3 Å². The molecule has 8 heteroatoms. The van der Waals surface area contributed by atoms with Gasteiger partial charge in [-0.25, -0.2) is 4.98 Å². The number of carboxylic acids is 1. The summed E-state index contributed by atoms with van der Waals surface area (Å²) in [7, 11) is 0. The Labute approximate surface area is 124 Å². The van der Waals surface area contributed by atoms with Gasteiger partial charge in [0.15, 0.2) is 0 Å². The molecular formula is C13H16N4O3S. The van der Waals surface area contributed by atoms with Gasteiger partial charge in [-0.2, -0.15) is 4.52 Å². The third-order valence-electron chi connectivity index (χ3n) is 3.60. The minimum absolute atomic E-state index is 0.181. The number of carbonyl (C=O) groups is 1. The van der Waals surface area contributed by atoms with Crippen molar-refractivity contribution in [2.24, 2.45) is 5.92 Å². The molecule has 112 valence electrons. The highest BCUT2D eigenvalue weighted by Gasteiger charge is 2.30. The Morgan fingerprint density at radius 3 is 3.05 bits per heavy atom. The molecule has 0 bridgehead atoms. The van der Waals surface area contributed by atoms with Crippen LogP contribution in [0.15, 0.2) is 10.9 Å². The topological polar surface area (TPSA) is 87.8 Å². The molecular weight excluding hydrogens is 292 g/mol. The molecule has 21 heavy (non-hydrogen) atoms. The van der Waals surface area contributed by atoms with E-state index in [1.54, 1.807) is 0 Å². The van der Waals surface area contributed by atoms with Crippen molar-refractivity contribution in [3.63, 3.8) is 0 Å². The summed E-state index contributed by atoms with van der Waals surface area (Å²) in [5, 5.41) is 14.0. The molecule has 1 unspecified atom stereocenters. The average Bonchev–Trinajstić information content (AvgIpc) is 3.04. The van der Waals surface area contributed by atoms with Gasteiger partial charge in [0.25, 0.3) is 5.56 Å². The first kappa shape index (κ1) is 14.0. The van der Waals surface area contributed by atoms with E-state index < -0.39 is 5.97 Å². The molecule has 0 spiro atoms. The van der Waals surface area contributed by atoms with E-state index in [1.807, 2.05) is 11.8 Å². The molecule has 2 aromatic heterocycles. The first-order valence-electron chi connectivity index (χ1n) is 6.96. The maximum Gasteiger partial charge on any atom is 0.308 e. The summed E-state index contributed by atoms with van der Waals surface area (Å²) in [5.74, 6) is -1.14. The first-order valence-corrected chi connectivity index (χ1v) is 7.77. The lowest BCUT2D eigenvalue weighted by Crippen LogP contribution is -2.23. The zero-order chi connectivity index (χ0) is 15.0. The number of rotatable bonds is 4. The molecule has 3 heterocycles. The third kappa shape index (κ3) is 2.63. The van der Waals surface area contributed by atoms with Gasteiger partial charge in [0.2, 0.25) is 10.1 Å². The fourth-order valence-corrected chi connectivity index (χ4v) is 3.45. The minimum atomic E-state index is -0.779. The molecule has 0 saturated carbocycles. The Morgan fingerprint density at radius 1 is 1.57 bits per heavy atom. The Balaban J connectivity index is 1.93. The number of aromatic nitrogens is 3. The molecule has 1 aliphatic rings. The number of carboxylic acid groups (broad SMARTS) is 1. The van der Waals surface area contributed by atoms with E-state index in [4.69, 9.17) is 5.11 Å². The largest absolute Gasteiger partial charge is 0.481 e. The van der Waals surface area contributed by atoms with E-state index in [0.717, 1.165) is 18.5 Å². The second-order valence-electron chi connectivity index (χ2n) is 5.18. The smallest absolute Gasteiger partial charge is 0.308 e. The zero-order valence-electron chi connectivity index (χ0n) is 11.7. The monoisotopic (exact) mass is 308 g/mol. The number of fused-ring (bicyclic) bond motifs is 1. The van der Waals surface area contributed by atoms with Crippen LogP contribution < -0.4 is 10.5 Å². The van der Waals surface area contributed by atoms with Gasteiger partial charge >= 0.3 is 5.97 Å². The highest BCUT2D eigenvalue weighted by atomic mass is 32.1. The van der Waals surface area contributed by atoms with Crippen molar-refractivity contribution in [3.8, 4) is 0 Å². The van der Waals surface area contributed by atoms with Gasteiger partial charge in [0.05, 0.1) is 5.92 Å². The van der Waals surface area contributed by atoms with Gasteiger partial charge in [-0.05, 0) is 12.8 Å². The lowest BCUT2D eigenvalue weighted by atomic mass is 10.1. The van der Waals surface area contributed by atoms with Crippen molar-refractivity contribution in [3.05, 3.63) is 22.1 Å². The summed E-state index contributed by atoms with van der Waals surface area (Å²) < 4.78 is 1.30. The number of nitrogens with zero attached hydrogens (tertiary/aromatic N) is 4. The molecule has 0 aliphatic carbocycles. The SMILES string of the molecule is CCCc1cc(=O)n2nc(N3CCC(C(=O)O)C3)sc2n1. The van der Waals surface area contributed by atoms with Gasteiger partial charge in [-0.3, -0.25) is 9.59 Å². The molecule has 1 saturated heterocycles. The van der Waals surface area contributed by atoms with Crippen LogP contribution in [0.5, 0.6) is 0 Å². The number of aliphatic carboxylic acids is 1. The number of anilines is 1. The van der Waals surface area contributed by atoms with Crippen molar-refractivity contribution < 1.29 is 9.90 Å². The minimum Gasteiger partial charge on any atom is -0.481 e. The summed E-state index contributed by atoms with van der Waals surface area (Å²) in [4.78, 5) is 30.0. The van der Waals surface area contributed by atoms with E-state index in [9.17, 15) is 9.59 Å². The summed E-state index contributed by atoms with van der Waals surface area (Å²) in [5.41, 5.74) is 0.600. The fraction of sp³-hybridized carbons (Fsp3) is 0.538. The van der Waals surface area contributed by atoms with Crippen LogP contribution in [0.3, 0.4) is 0 Å². The van der Waals surface area contributed by atoms with Crippen molar-refractivity contribution >= 4 is 27.4 Å². The third-order valence-corrected chi connectivity index (χ3v) is 4.57. The van der Waals surface area contributed by atoms with Crippen molar-refractivity contribution in [2.45, 2.75) is 26.2 Å². The van der Waals surface area contributed by atoms with E-state index in [-0.39, 0.29) is 11.5 Å². The van der Waals surface area contributed by atoms with E-state index in [0.29, 0.717) is 29.6 Å². The van der Waals surface area contributed by atoms with Crippen LogP contribution in [-0.2, 0) is 11.2 Å². The molecule has 0 aromatic carbocycles.